The van der Waals surface area contributed by atoms with E-state index in [4.69, 9.17) is 5.73 Å². The molecular weight excluding hydrogens is 230 g/mol. The predicted octanol–water partition coefficient (Wildman–Crippen LogP) is 0.583. The van der Waals surface area contributed by atoms with E-state index in [0.717, 1.165) is 12.8 Å². The topological polar surface area (TPSA) is 66.6 Å². The first-order chi connectivity index (χ1) is 8.43. The van der Waals surface area contributed by atoms with Gasteiger partial charge in [0.15, 0.2) is 0 Å². The normalized spacial score (nSPS) is 18.7. The molecule has 0 radical (unpaired) electrons. The summed E-state index contributed by atoms with van der Waals surface area (Å²) in [6.07, 6.45) is 5.87. The van der Waals surface area contributed by atoms with Gasteiger partial charge in [-0.1, -0.05) is 19.3 Å². The molecule has 1 atom stereocenters. The highest BCUT2D eigenvalue weighted by Crippen LogP contribution is 2.21. The molecule has 18 heavy (non-hydrogen) atoms. The third-order valence-electron chi connectivity index (χ3n) is 3.97. The summed E-state index contributed by atoms with van der Waals surface area (Å²) in [6.45, 7) is 1.97. The van der Waals surface area contributed by atoms with Crippen molar-refractivity contribution in [3.8, 4) is 0 Å². The molecular formula is C13H25N3O2. The summed E-state index contributed by atoms with van der Waals surface area (Å²) in [6, 6.07) is -0.0442. The third-order valence-corrected chi connectivity index (χ3v) is 3.97. The predicted molar refractivity (Wildman–Crippen MR) is 70.9 cm³/mol. The van der Waals surface area contributed by atoms with Gasteiger partial charge in [-0.15, -0.1) is 0 Å². The van der Waals surface area contributed by atoms with Crippen molar-refractivity contribution in [2.24, 2.45) is 5.73 Å². The molecule has 0 bridgehead atoms. The lowest BCUT2D eigenvalue weighted by atomic mass is 9.94. The molecule has 1 fully saturated rings. The van der Waals surface area contributed by atoms with Crippen molar-refractivity contribution >= 4 is 11.8 Å². The van der Waals surface area contributed by atoms with Gasteiger partial charge in [0.05, 0.1) is 12.6 Å². The summed E-state index contributed by atoms with van der Waals surface area (Å²) >= 11 is 0. The Labute approximate surface area is 109 Å². The van der Waals surface area contributed by atoms with Gasteiger partial charge in [-0.3, -0.25) is 14.5 Å². The zero-order valence-electron chi connectivity index (χ0n) is 11.7. The Hall–Kier alpha value is -1.10. The minimum absolute atomic E-state index is 0.0671. The number of amides is 2. The molecule has 0 saturated heterocycles. The second kappa shape index (κ2) is 6.73. The summed E-state index contributed by atoms with van der Waals surface area (Å²) in [5.74, 6) is -0.330. The summed E-state index contributed by atoms with van der Waals surface area (Å²) in [7, 11) is 3.61. The van der Waals surface area contributed by atoms with Gasteiger partial charge < -0.3 is 10.6 Å². The molecule has 0 spiro atoms. The lowest BCUT2D eigenvalue weighted by molar-refractivity contribution is -0.134. The fraction of sp³-hybridized carbons (Fsp3) is 0.846. The van der Waals surface area contributed by atoms with E-state index in [2.05, 4.69) is 0 Å². The number of nitrogens with zero attached hydrogens (tertiary/aromatic N) is 2. The van der Waals surface area contributed by atoms with Gasteiger partial charge in [0.2, 0.25) is 11.8 Å². The quantitative estimate of drug-likeness (QED) is 0.781. The summed E-state index contributed by atoms with van der Waals surface area (Å²) in [5, 5.41) is 0. The Bertz CT molecular complexity index is 301. The zero-order chi connectivity index (χ0) is 13.7. The van der Waals surface area contributed by atoms with Gasteiger partial charge in [-0.05, 0) is 26.8 Å². The Morgan fingerprint density at radius 2 is 1.78 bits per heavy atom. The van der Waals surface area contributed by atoms with Crippen LogP contribution in [0.25, 0.3) is 0 Å². The van der Waals surface area contributed by atoms with Crippen LogP contribution in [0.4, 0.5) is 0 Å². The lowest BCUT2D eigenvalue weighted by Gasteiger charge is -2.33. The smallest absolute Gasteiger partial charge is 0.236 e. The lowest BCUT2D eigenvalue weighted by Crippen LogP contribution is -2.48. The highest BCUT2D eigenvalue weighted by Gasteiger charge is 2.24. The first-order valence-electron chi connectivity index (χ1n) is 6.68. The second-order valence-electron chi connectivity index (χ2n) is 5.29. The SMILES string of the molecule is CC(C(N)=O)N(C)CC(=O)N(C)C1CCCCC1. The maximum atomic E-state index is 12.1. The Morgan fingerprint density at radius 3 is 2.28 bits per heavy atom. The van der Waals surface area contributed by atoms with Crippen molar-refractivity contribution in [2.75, 3.05) is 20.6 Å². The average Bonchev–Trinajstić information content (AvgIpc) is 2.37. The largest absolute Gasteiger partial charge is 0.368 e. The van der Waals surface area contributed by atoms with Crippen molar-refractivity contribution in [1.29, 1.82) is 0 Å². The monoisotopic (exact) mass is 255 g/mol. The molecule has 1 aliphatic rings. The summed E-state index contributed by atoms with van der Waals surface area (Å²) in [5.41, 5.74) is 5.23. The third kappa shape index (κ3) is 3.98. The van der Waals surface area contributed by atoms with E-state index < -0.39 is 11.9 Å². The van der Waals surface area contributed by atoms with Crippen molar-refractivity contribution in [2.45, 2.75) is 51.1 Å². The Morgan fingerprint density at radius 1 is 1.22 bits per heavy atom. The van der Waals surface area contributed by atoms with Crippen LogP contribution < -0.4 is 5.73 Å². The van der Waals surface area contributed by atoms with E-state index in [1.54, 1.807) is 18.9 Å². The number of likely N-dealkylation sites (N-methyl/N-ethyl adjacent to an activating group) is 2. The number of carbonyl (C=O) groups is 2. The number of hydrogen-bond donors (Lipinski definition) is 1. The molecule has 1 unspecified atom stereocenters. The van der Waals surface area contributed by atoms with Gasteiger partial charge >= 0.3 is 0 Å². The highest BCUT2D eigenvalue weighted by molar-refractivity contribution is 5.82. The molecule has 0 aromatic heterocycles. The van der Waals surface area contributed by atoms with Crippen LogP contribution in [0.2, 0.25) is 0 Å². The fourth-order valence-electron chi connectivity index (χ4n) is 2.35. The molecule has 2 N–H and O–H groups in total. The molecule has 104 valence electrons. The van der Waals surface area contributed by atoms with Crippen LogP contribution in [-0.2, 0) is 9.59 Å². The van der Waals surface area contributed by atoms with E-state index in [1.165, 1.54) is 19.3 Å². The van der Waals surface area contributed by atoms with Crippen molar-refractivity contribution < 1.29 is 9.59 Å². The van der Waals surface area contributed by atoms with E-state index >= 15 is 0 Å². The van der Waals surface area contributed by atoms with Crippen molar-refractivity contribution in [1.82, 2.24) is 9.80 Å². The van der Waals surface area contributed by atoms with Gasteiger partial charge in [0, 0.05) is 13.1 Å². The number of rotatable bonds is 5. The minimum atomic E-state index is -0.409. The molecule has 1 rings (SSSR count). The summed E-state index contributed by atoms with van der Waals surface area (Å²) in [4.78, 5) is 26.7. The molecule has 0 aromatic carbocycles. The van der Waals surface area contributed by atoms with Crippen LogP contribution in [0.5, 0.6) is 0 Å². The Balaban J connectivity index is 2.46. The minimum Gasteiger partial charge on any atom is -0.368 e. The van der Waals surface area contributed by atoms with Gasteiger partial charge in [0.25, 0.3) is 0 Å². The number of hydrogen-bond acceptors (Lipinski definition) is 3. The second-order valence-corrected chi connectivity index (χ2v) is 5.29. The van der Waals surface area contributed by atoms with Crippen LogP contribution >= 0.6 is 0 Å². The van der Waals surface area contributed by atoms with Crippen LogP contribution in [0.1, 0.15) is 39.0 Å². The molecule has 1 saturated carbocycles. The van der Waals surface area contributed by atoms with E-state index in [-0.39, 0.29) is 12.5 Å². The number of nitrogens with two attached hydrogens (primary N) is 1. The average molecular weight is 255 g/mol. The van der Waals surface area contributed by atoms with Crippen LogP contribution in [0, 0.1) is 0 Å². The molecule has 0 heterocycles. The molecule has 5 heteroatoms. The van der Waals surface area contributed by atoms with E-state index in [9.17, 15) is 9.59 Å². The van der Waals surface area contributed by atoms with Crippen LogP contribution in [0.15, 0.2) is 0 Å². The maximum absolute atomic E-state index is 12.1. The van der Waals surface area contributed by atoms with Crippen molar-refractivity contribution in [3.63, 3.8) is 0 Å². The van der Waals surface area contributed by atoms with E-state index in [0.29, 0.717) is 6.04 Å². The first kappa shape index (κ1) is 15.0. The van der Waals surface area contributed by atoms with E-state index in [1.807, 2.05) is 11.9 Å². The first-order valence-corrected chi connectivity index (χ1v) is 6.68. The van der Waals surface area contributed by atoms with Crippen LogP contribution in [-0.4, -0.2) is 54.3 Å². The maximum Gasteiger partial charge on any atom is 0.236 e. The summed E-state index contributed by atoms with van der Waals surface area (Å²) < 4.78 is 0. The number of carbonyl (C=O) groups excluding carboxylic acids is 2. The Kier molecular flexibility index (Phi) is 5.59. The van der Waals surface area contributed by atoms with Gasteiger partial charge in [0.1, 0.15) is 0 Å². The molecule has 1 aliphatic carbocycles. The molecule has 0 aromatic rings. The van der Waals surface area contributed by atoms with Crippen molar-refractivity contribution in [3.05, 3.63) is 0 Å². The van der Waals surface area contributed by atoms with Gasteiger partial charge in [-0.25, -0.2) is 0 Å². The molecule has 2 amide bonds. The fourth-order valence-corrected chi connectivity index (χ4v) is 2.35. The standard InChI is InChI=1S/C13H25N3O2/c1-10(13(14)18)15(2)9-12(17)16(3)11-7-5-4-6-8-11/h10-11H,4-9H2,1-3H3,(H2,14,18). The zero-order valence-corrected chi connectivity index (χ0v) is 11.7. The number of primary amides is 1. The van der Waals surface area contributed by atoms with Crippen LogP contribution in [0.3, 0.4) is 0 Å². The highest BCUT2D eigenvalue weighted by atomic mass is 16.2. The molecule has 0 aliphatic heterocycles. The van der Waals surface area contributed by atoms with Gasteiger partial charge in [-0.2, -0.15) is 0 Å². The molecule has 5 nitrogen and oxygen atoms in total.